The van der Waals surface area contributed by atoms with Gasteiger partial charge in [-0.3, -0.25) is 29.6 Å². The summed E-state index contributed by atoms with van der Waals surface area (Å²) < 4.78 is 18.4. The molecule has 1 aliphatic rings. The van der Waals surface area contributed by atoms with Crippen LogP contribution in [-0.4, -0.2) is 34.1 Å². The predicted molar refractivity (Wildman–Crippen MR) is 180 cm³/mol. The lowest BCUT2D eigenvalue weighted by molar-refractivity contribution is -0.394. The summed E-state index contributed by atoms with van der Waals surface area (Å²) in [5.41, 5.74) is 1.00. The molecule has 0 aliphatic carbocycles. The monoisotopic (exact) mass is 678 g/mol. The molecule has 13 nitrogen and oxygen atoms in total. The van der Waals surface area contributed by atoms with E-state index in [-0.39, 0.29) is 23.7 Å². The van der Waals surface area contributed by atoms with Gasteiger partial charge in [-0.15, -0.1) is 0 Å². The maximum absolute atomic E-state index is 14.2. The highest BCUT2D eigenvalue weighted by atomic mass is 32.1. The summed E-state index contributed by atoms with van der Waals surface area (Å²) in [5, 5.41) is 22.8. The molecule has 1 aliphatic heterocycles. The molecule has 0 amide bonds. The molecule has 0 saturated carbocycles. The number of carbonyl (C=O) groups excluding carboxylic acids is 1. The molecule has 6 rings (SSSR count). The van der Waals surface area contributed by atoms with Crippen LogP contribution in [0.4, 0.5) is 11.4 Å². The van der Waals surface area contributed by atoms with E-state index >= 15 is 0 Å². The molecule has 246 valence electrons. The number of benzene rings is 4. The van der Waals surface area contributed by atoms with Crippen LogP contribution >= 0.6 is 11.3 Å². The van der Waals surface area contributed by atoms with Crippen molar-refractivity contribution in [1.82, 2.24) is 4.57 Å². The number of esters is 1. The molecule has 0 N–H and O–H groups in total. The molecule has 2 heterocycles. The summed E-state index contributed by atoms with van der Waals surface area (Å²) in [6, 6.07) is 25.0. The van der Waals surface area contributed by atoms with E-state index in [0.29, 0.717) is 37.5 Å². The highest BCUT2D eigenvalue weighted by Crippen LogP contribution is 2.36. The van der Waals surface area contributed by atoms with Crippen molar-refractivity contribution in [3.63, 3.8) is 0 Å². The number of aromatic nitrogens is 1. The molecule has 0 fully saturated rings. The minimum Gasteiger partial charge on any atom is -0.497 e. The van der Waals surface area contributed by atoms with Crippen molar-refractivity contribution in [1.29, 1.82) is 0 Å². The number of nitro benzene ring substituents is 2. The molecule has 0 saturated heterocycles. The number of rotatable bonds is 10. The van der Waals surface area contributed by atoms with E-state index in [1.165, 1.54) is 4.57 Å². The molecular formula is C35H26N4O9S. The van der Waals surface area contributed by atoms with E-state index in [1.807, 2.05) is 30.3 Å². The van der Waals surface area contributed by atoms with Crippen LogP contribution in [0.2, 0.25) is 0 Å². The van der Waals surface area contributed by atoms with E-state index in [2.05, 4.69) is 0 Å². The van der Waals surface area contributed by atoms with Gasteiger partial charge in [-0.1, -0.05) is 65.9 Å². The quantitative estimate of drug-likeness (QED) is 0.105. The van der Waals surface area contributed by atoms with Gasteiger partial charge in [0.2, 0.25) is 5.75 Å². The number of hydrogen-bond donors (Lipinski definition) is 0. The number of methoxy groups -OCH3 is 1. The van der Waals surface area contributed by atoms with Crippen molar-refractivity contribution < 1.29 is 28.9 Å². The van der Waals surface area contributed by atoms with Crippen LogP contribution < -0.4 is 24.4 Å². The van der Waals surface area contributed by atoms with Gasteiger partial charge in [0.05, 0.1) is 51.5 Å². The third kappa shape index (κ3) is 6.57. The van der Waals surface area contributed by atoms with E-state index in [9.17, 15) is 29.8 Å². The Kier molecular flexibility index (Phi) is 9.13. The maximum atomic E-state index is 14.2. The predicted octanol–water partition coefficient (Wildman–Crippen LogP) is 5.55. The van der Waals surface area contributed by atoms with E-state index < -0.39 is 38.8 Å². The molecular weight excluding hydrogens is 652 g/mol. The molecule has 5 aromatic rings. The second-order valence-corrected chi connectivity index (χ2v) is 11.6. The first-order valence-electron chi connectivity index (χ1n) is 14.8. The second-order valence-electron chi connectivity index (χ2n) is 10.5. The average Bonchev–Trinajstić information content (AvgIpc) is 3.42. The van der Waals surface area contributed by atoms with Gasteiger partial charge < -0.3 is 14.2 Å². The summed E-state index contributed by atoms with van der Waals surface area (Å²) in [6.45, 7) is 1.82. The number of thiazole rings is 1. The molecule has 0 radical (unpaired) electrons. The average molecular weight is 679 g/mol. The lowest BCUT2D eigenvalue weighted by atomic mass is 9.93. The first-order chi connectivity index (χ1) is 23.7. The van der Waals surface area contributed by atoms with Crippen LogP contribution in [0, 0.1) is 20.2 Å². The highest BCUT2D eigenvalue weighted by molar-refractivity contribution is 7.07. The molecule has 1 atom stereocenters. The highest BCUT2D eigenvalue weighted by Gasteiger charge is 2.35. The van der Waals surface area contributed by atoms with Crippen molar-refractivity contribution in [2.75, 3.05) is 13.7 Å². The molecule has 49 heavy (non-hydrogen) atoms. The molecule has 4 aromatic carbocycles. The Bertz CT molecular complexity index is 2310. The summed E-state index contributed by atoms with van der Waals surface area (Å²) in [7, 11) is 1.54. The lowest BCUT2D eigenvalue weighted by Crippen LogP contribution is -2.40. The Morgan fingerprint density at radius 2 is 1.69 bits per heavy atom. The summed E-state index contributed by atoms with van der Waals surface area (Å²) in [4.78, 5) is 54.3. The molecule has 1 aromatic heterocycles. The van der Waals surface area contributed by atoms with Gasteiger partial charge >= 0.3 is 11.7 Å². The van der Waals surface area contributed by atoms with Crippen LogP contribution in [0.25, 0.3) is 11.8 Å². The normalized spacial score (nSPS) is 14.1. The van der Waals surface area contributed by atoms with Gasteiger partial charge in [0.25, 0.3) is 11.2 Å². The Morgan fingerprint density at radius 1 is 0.939 bits per heavy atom. The fraction of sp³-hybridized carbons (Fsp3) is 0.114. The van der Waals surface area contributed by atoms with Crippen LogP contribution in [0.3, 0.4) is 0 Å². The zero-order valence-electron chi connectivity index (χ0n) is 26.0. The first kappa shape index (κ1) is 32.5. The van der Waals surface area contributed by atoms with Gasteiger partial charge in [0.1, 0.15) is 11.5 Å². The van der Waals surface area contributed by atoms with Crippen LogP contribution in [0.1, 0.15) is 29.7 Å². The third-order valence-electron chi connectivity index (χ3n) is 7.54. The van der Waals surface area contributed by atoms with Crippen LogP contribution in [0.15, 0.2) is 112 Å². The topological polar surface area (TPSA) is 165 Å². The Balaban J connectivity index is 1.49. The van der Waals surface area contributed by atoms with Crippen molar-refractivity contribution in [2.24, 2.45) is 4.99 Å². The Hall–Kier alpha value is -6.41. The Morgan fingerprint density at radius 3 is 2.37 bits per heavy atom. The van der Waals surface area contributed by atoms with Crippen LogP contribution in [-0.2, 0) is 9.53 Å². The van der Waals surface area contributed by atoms with Gasteiger partial charge in [-0.05, 0) is 54.5 Å². The molecule has 0 spiro atoms. The molecule has 14 heteroatoms. The fourth-order valence-electron chi connectivity index (χ4n) is 5.34. The van der Waals surface area contributed by atoms with E-state index in [4.69, 9.17) is 19.2 Å². The van der Waals surface area contributed by atoms with Crippen molar-refractivity contribution in [2.45, 2.75) is 13.0 Å². The minimum absolute atomic E-state index is 0.117. The Labute approximate surface area is 281 Å². The summed E-state index contributed by atoms with van der Waals surface area (Å²) in [5.74, 6) is 0.00440. The minimum atomic E-state index is -0.879. The van der Waals surface area contributed by atoms with Gasteiger partial charge in [-0.2, -0.15) is 0 Å². The number of carbonyl (C=O) groups is 1. The van der Waals surface area contributed by atoms with Gasteiger partial charge in [0, 0.05) is 11.6 Å². The number of nitrogens with zero attached hydrogens (tertiary/aromatic N) is 4. The number of non-ortho nitro benzene ring substituents is 1. The first-order valence-corrected chi connectivity index (χ1v) is 15.6. The summed E-state index contributed by atoms with van der Waals surface area (Å²) in [6.07, 6.45) is 1.63. The van der Waals surface area contributed by atoms with Gasteiger partial charge in [-0.25, -0.2) is 9.79 Å². The van der Waals surface area contributed by atoms with Crippen molar-refractivity contribution in [3.05, 3.63) is 159 Å². The zero-order chi connectivity index (χ0) is 34.7. The smallest absolute Gasteiger partial charge is 0.338 e. The van der Waals surface area contributed by atoms with Crippen LogP contribution in [0.5, 0.6) is 17.2 Å². The maximum Gasteiger partial charge on any atom is 0.338 e. The lowest BCUT2D eigenvalue weighted by Gasteiger charge is -2.26. The van der Waals surface area contributed by atoms with E-state index in [0.717, 1.165) is 29.5 Å². The van der Waals surface area contributed by atoms with E-state index in [1.54, 1.807) is 68.6 Å². The largest absolute Gasteiger partial charge is 0.497 e. The zero-order valence-corrected chi connectivity index (χ0v) is 26.8. The third-order valence-corrected chi connectivity index (χ3v) is 8.52. The molecule has 0 bridgehead atoms. The second kappa shape index (κ2) is 13.8. The van der Waals surface area contributed by atoms with Crippen molar-refractivity contribution >= 4 is 40.5 Å². The summed E-state index contributed by atoms with van der Waals surface area (Å²) >= 11 is 1.13. The number of fused-ring (bicyclic) bond motifs is 1. The SMILES string of the molecule is CCOC(=O)C1=C(c2ccccc2)N=c2s/c(=C/c3cccc(Oc4ccc([N+](=O)[O-])cc4[N+](=O)[O-])c3)c(=O)n2[C@@H]1c1ccc(OC)cc1. The standard InChI is InChI=1S/C35H26N4O9S/c1-3-47-34(41)30-31(22-9-5-4-6-10-22)36-35-37(32(30)23-12-15-25(46-2)16-13-23)33(40)29(49-35)19-21-8-7-11-26(18-21)48-28-17-14-24(38(42)43)20-27(28)39(44)45/h4-20,32H,3H2,1-2H3/b29-19+/t32-/m1/s1. The van der Waals surface area contributed by atoms with Gasteiger partial charge in [0.15, 0.2) is 4.80 Å². The number of nitro groups is 2. The fourth-order valence-corrected chi connectivity index (χ4v) is 6.34. The molecule has 0 unspecified atom stereocenters. The number of ether oxygens (including phenoxy) is 3. The number of hydrogen-bond acceptors (Lipinski definition) is 11. The van der Waals surface area contributed by atoms with Crippen molar-refractivity contribution in [3.8, 4) is 17.2 Å².